The van der Waals surface area contributed by atoms with Crippen LogP contribution in [0.1, 0.15) is 28.4 Å². The fourth-order valence-electron chi connectivity index (χ4n) is 2.10. The number of rotatable bonds is 5. The van der Waals surface area contributed by atoms with E-state index in [0.29, 0.717) is 18.7 Å². The number of anilines is 1. The molecule has 3 nitrogen and oxygen atoms in total. The largest absolute Gasteiger partial charge is 0.381 e. The molecule has 2 rings (SSSR count). The van der Waals surface area contributed by atoms with Gasteiger partial charge in [0.05, 0.1) is 0 Å². The molecule has 0 aromatic heterocycles. The molecule has 1 amide bonds. The molecule has 0 atom stereocenters. The molecule has 0 unspecified atom stereocenters. The van der Waals surface area contributed by atoms with E-state index in [4.69, 9.17) is 11.6 Å². The molecule has 0 bridgehead atoms. The quantitative estimate of drug-likeness (QED) is 0.876. The Balaban J connectivity index is 2.08. The summed E-state index contributed by atoms with van der Waals surface area (Å²) in [5.74, 6) is -0.0433. The van der Waals surface area contributed by atoms with E-state index in [9.17, 15) is 4.79 Å². The van der Waals surface area contributed by atoms with Crippen LogP contribution in [0.25, 0.3) is 0 Å². The summed E-state index contributed by atoms with van der Waals surface area (Å²) in [6, 6.07) is 13.4. The second kappa shape index (κ2) is 7.14. The van der Waals surface area contributed by atoms with Crippen LogP contribution in [0.15, 0.2) is 42.5 Å². The van der Waals surface area contributed by atoms with Crippen LogP contribution < -0.4 is 10.6 Å². The van der Waals surface area contributed by atoms with Gasteiger partial charge < -0.3 is 10.6 Å². The number of amides is 1. The van der Waals surface area contributed by atoms with Crippen LogP contribution in [-0.4, -0.2) is 12.5 Å². The van der Waals surface area contributed by atoms with Crippen LogP contribution in [0.5, 0.6) is 0 Å². The maximum Gasteiger partial charge on any atom is 0.251 e. The van der Waals surface area contributed by atoms with Gasteiger partial charge in [-0.1, -0.05) is 29.8 Å². The first-order chi connectivity index (χ1) is 10.1. The van der Waals surface area contributed by atoms with Crippen molar-refractivity contribution >= 4 is 23.2 Å². The Morgan fingerprint density at radius 1 is 1.19 bits per heavy atom. The summed E-state index contributed by atoms with van der Waals surface area (Å²) in [6.45, 7) is 5.17. The third kappa shape index (κ3) is 3.99. The van der Waals surface area contributed by atoms with Gasteiger partial charge in [0.25, 0.3) is 5.91 Å². The van der Waals surface area contributed by atoms with Crippen molar-refractivity contribution in [3.63, 3.8) is 0 Å². The zero-order valence-electron chi connectivity index (χ0n) is 12.2. The maximum atomic E-state index is 11.8. The molecule has 0 fully saturated rings. The molecule has 21 heavy (non-hydrogen) atoms. The molecular formula is C17H19ClN2O. The Morgan fingerprint density at radius 2 is 1.95 bits per heavy atom. The number of benzene rings is 2. The molecular weight excluding hydrogens is 284 g/mol. The lowest BCUT2D eigenvalue weighted by atomic mass is 10.1. The van der Waals surface area contributed by atoms with E-state index in [1.54, 1.807) is 0 Å². The Bertz CT molecular complexity index is 640. The highest BCUT2D eigenvalue weighted by Crippen LogP contribution is 2.20. The van der Waals surface area contributed by atoms with E-state index in [-0.39, 0.29) is 5.91 Å². The van der Waals surface area contributed by atoms with E-state index < -0.39 is 0 Å². The lowest BCUT2D eigenvalue weighted by molar-refractivity contribution is 0.0956. The summed E-state index contributed by atoms with van der Waals surface area (Å²) in [5.41, 5.74) is 3.76. The lowest BCUT2D eigenvalue weighted by Crippen LogP contribution is -2.22. The number of carbonyl (C=O) groups excluding carboxylic acids is 1. The van der Waals surface area contributed by atoms with Crippen molar-refractivity contribution in [3.05, 3.63) is 64.2 Å². The molecule has 0 aliphatic rings. The molecule has 110 valence electrons. The van der Waals surface area contributed by atoms with E-state index in [0.717, 1.165) is 21.8 Å². The Labute approximate surface area is 130 Å². The summed E-state index contributed by atoms with van der Waals surface area (Å²) in [7, 11) is 0. The monoisotopic (exact) mass is 302 g/mol. The van der Waals surface area contributed by atoms with Crippen LogP contribution >= 0.6 is 11.6 Å². The van der Waals surface area contributed by atoms with Crippen LogP contribution in [0.4, 0.5) is 5.69 Å². The average Bonchev–Trinajstić information content (AvgIpc) is 2.47. The second-order valence-corrected chi connectivity index (χ2v) is 5.24. The van der Waals surface area contributed by atoms with Crippen LogP contribution in [-0.2, 0) is 6.54 Å². The number of carbonyl (C=O) groups is 1. The van der Waals surface area contributed by atoms with Crippen molar-refractivity contribution in [2.75, 3.05) is 11.9 Å². The SMILES string of the molecule is CCNC(=O)c1ccc(NCc2ccccc2Cl)c(C)c1. The number of halogens is 1. The van der Waals surface area contributed by atoms with Gasteiger partial charge in [-0.2, -0.15) is 0 Å². The van der Waals surface area contributed by atoms with E-state index >= 15 is 0 Å². The summed E-state index contributed by atoms with van der Waals surface area (Å²) >= 11 is 6.14. The molecule has 2 aromatic carbocycles. The molecule has 0 saturated heterocycles. The Hall–Kier alpha value is -2.00. The number of hydrogen-bond acceptors (Lipinski definition) is 2. The molecule has 0 saturated carbocycles. The Morgan fingerprint density at radius 3 is 2.62 bits per heavy atom. The van der Waals surface area contributed by atoms with Crippen molar-refractivity contribution in [1.29, 1.82) is 0 Å². The topological polar surface area (TPSA) is 41.1 Å². The minimum atomic E-state index is -0.0433. The minimum absolute atomic E-state index is 0.0433. The summed E-state index contributed by atoms with van der Waals surface area (Å²) < 4.78 is 0. The van der Waals surface area contributed by atoms with Gasteiger partial charge in [-0.3, -0.25) is 4.79 Å². The highest BCUT2D eigenvalue weighted by atomic mass is 35.5. The summed E-state index contributed by atoms with van der Waals surface area (Å²) in [4.78, 5) is 11.8. The highest BCUT2D eigenvalue weighted by molar-refractivity contribution is 6.31. The van der Waals surface area contributed by atoms with Crippen LogP contribution in [0, 0.1) is 6.92 Å². The third-order valence-electron chi connectivity index (χ3n) is 3.25. The molecule has 0 radical (unpaired) electrons. The smallest absolute Gasteiger partial charge is 0.251 e. The first-order valence-electron chi connectivity index (χ1n) is 6.98. The van der Waals surface area contributed by atoms with Gasteiger partial charge in [0.2, 0.25) is 0 Å². The van der Waals surface area contributed by atoms with E-state index in [2.05, 4.69) is 10.6 Å². The summed E-state index contributed by atoms with van der Waals surface area (Å²) in [5, 5.41) is 6.90. The number of hydrogen-bond donors (Lipinski definition) is 2. The predicted molar refractivity (Wildman–Crippen MR) is 88.0 cm³/mol. The maximum absolute atomic E-state index is 11.8. The van der Waals surface area contributed by atoms with Gasteiger partial charge in [0, 0.05) is 29.4 Å². The van der Waals surface area contributed by atoms with Gasteiger partial charge in [-0.25, -0.2) is 0 Å². The van der Waals surface area contributed by atoms with Crippen molar-refractivity contribution in [2.45, 2.75) is 20.4 Å². The normalized spacial score (nSPS) is 10.2. The molecule has 2 aromatic rings. The van der Waals surface area contributed by atoms with Crippen LogP contribution in [0.3, 0.4) is 0 Å². The van der Waals surface area contributed by atoms with Gasteiger partial charge in [0.15, 0.2) is 0 Å². The zero-order chi connectivity index (χ0) is 15.2. The molecule has 0 aliphatic carbocycles. The number of nitrogens with one attached hydrogen (secondary N) is 2. The first kappa shape index (κ1) is 15.4. The van der Waals surface area contributed by atoms with Crippen molar-refractivity contribution in [3.8, 4) is 0 Å². The fourth-order valence-corrected chi connectivity index (χ4v) is 2.30. The zero-order valence-corrected chi connectivity index (χ0v) is 13.0. The lowest BCUT2D eigenvalue weighted by Gasteiger charge is -2.12. The van der Waals surface area contributed by atoms with Crippen molar-refractivity contribution < 1.29 is 4.79 Å². The van der Waals surface area contributed by atoms with Gasteiger partial charge >= 0.3 is 0 Å². The standard InChI is InChI=1S/C17H19ClN2O/c1-3-19-17(21)13-8-9-16(12(2)10-13)20-11-14-6-4-5-7-15(14)18/h4-10,20H,3,11H2,1-2H3,(H,19,21). The average molecular weight is 303 g/mol. The van der Waals surface area contributed by atoms with Gasteiger partial charge in [-0.05, 0) is 49.2 Å². The molecule has 2 N–H and O–H groups in total. The van der Waals surface area contributed by atoms with Gasteiger partial charge in [0.1, 0.15) is 0 Å². The first-order valence-corrected chi connectivity index (χ1v) is 7.35. The third-order valence-corrected chi connectivity index (χ3v) is 3.62. The fraction of sp³-hybridized carbons (Fsp3) is 0.235. The van der Waals surface area contributed by atoms with Crippen molar-refractivity contribution in [1.82, 2.24) is 5.32 Å². The molecule has 0 aliphatic heterocycles. The predicted octanol–water partition coefficient (Wildman–Crippen LogP) is 4.01. The number of aryl methyl sites for hydroxylation is 1. The van der Waals surface area contributed by atoms with Crippen molar-refractivity contribution in [2.24, 2.45) is 0 Å². The van der Waals surface area contributed by atoms with Crippen LogP contribution in [0.2, 0.25) is 5.02 Å². The molecule has 0 heterocycles. The second-order valence-electron chi connectivity index (χ2n) is 4.83. The van der Waals surface area contributed by atoms with Gasteiger partial charge in [-0.15, -0.1) is 0 Å². The van der Waals surface area contributed by atoms with E-state index in [1.807, 2.05) is 56.3 Å². The summed E-state index contributed by atoms with van der Waals surface area (Å²) in [6.07, 6.45) is 0. The Kier molecular flexibility index (Phi) is 5.23. The highest BCUT2D eigenvalue weighted by Gasteiger charge is 2.07. The van der Waals surface area contributed by atoms with E-state index in [1.165, 1.54) is 0 Å². The molecule has 0 spiro atoms. The minimum Gasteiger partial charge on any atom is -0.381 e. The molecule has 4 heteroatoms.